The van der Waals surface area contributed by atoms with Gasteiger partial charge in [-0.25, -0.2) is 9.48 Å². The van der Waals surface area contributed by atoms with Gasteiger partial charge in [0.2, 0.25) is 0 Å². The lowest BCUT2D eigenvalue weighted by molar-refractivity contribution is 0.0698. The number of fused-ring (bicyclic) bond motifs is 2. The Balaban J connectivity index is 1.95. The van der Waals surface area contributed by atoms with Gasteiger partial charge in [0.1, 0.15) is 11.0 Å². The molecule has 5 nitrogen and oxygen atoms in total. The van der Waals surface area contributed by atoms with Crippen LogP contribution in [0.3, 0.4) is 0 Å². The molecule has 0 amide bonds. The van der Waals surface area contributed by atoms with Crippen LogP contribution in [0.4, 0.5) is 0 Å². The maximum atomic E-state index is 11.5. The lowest BCUT2D eigenvalue weighted by Crippen LogP contribution is -2.18. The molecule has 0 spiro atoms. The highest BCUT2D eigenvalue weighted by Gasteiger charge is 2.26. The molecule has 1 N–H and O–H groups in total. The first-order chi connectivity index (χ1) is 10.3. The van der Waals surface area contributed by atoms with E-state index in [2.05, 4.69) is 21.8 Å². The third-order valence-corrected chi connectivity index (χ3v) is 5.04. The molecular weight excluding hydrogens is 286 g/mol. The van der Waals surface area contributed by atoms with Gasteiger partial charge in [0.05, 0.1) is 11.6 Å². The normalized spacial score (nSPS) is 17.8. The molecule has 2 heterocycles. The number of hydrogen-bond donors (Lipinski definition) is 1. The van der Waals surface area contributed by atoms with Crippen molar-refractivity contribution in [3.05, 3.63) is 45.6 Å². The van der Waals surface area contributed by atoms with Gasteiger partial charge >= 0.3 is 5.97 Å². The van der Waals surface area contributed by atoms with Gasteiger partial charge in [-0.15, -0.1) is 16.4 Å². The quantitative estimate of drug-likeness (QED) is 0.789. The van der Waals surface area contributed by atoms with Gasteiger partial charge < -0.3 is 5.11 Å². The van der Waals surface area contributed by atoms with E-state index in [1.54, 1.807) is 28.2 Å². The van der Waals surface area contributed by atoms with Crippen molar-refractivity contribution in [2.45, 2.75) is 25.3 Å². The topological polar surface area (TPSA) is 68.0 Å². The summed E-state index contributed by atoms with van der Waals surface area (Å²) >= 11 is 1.76. The first-order valence-electron chi connectivity index (χ1n) is 6.89. The van der Waals surface area contributed by atoms with Gasteiger partial charge in [0.15, 0.2) is 0 Å². The zero-order chi connectivity index (χ0) is 14.4. The minimum Gasteiger partial charge on any atom is -0.478 e. The molecule has 1 unspecified atom stereocenters. The zero-order valence-corrected chi connectivity index (χ0v) is 12.0. The highest BCUT2D eigenvalue weighted by atomic mass is 32.1. The second-order valence-corrected chi connectivity index (χ2v) is 6.22. The van der Waals surface area contributed by atoms with Gasteiger partial charge in [-0.1, -0.05) is 11.3 Å². The molecule has 4 rings (SSSR count). The summed E-state index contributed by atoms with van der Waals surface area (Å²) in [6, 6.07) is 7.35. The van der Waals surface area contributed by atoms with Crippen molar-refractivity contribution in [1.29, 1.82) is 0 Å². The summed E-state index contributed by atoms with van der Waals surface area (Å²) in [6.45, 7) is 0. The van der Waals surface area contributed by atoms with E-state index in [-0.39, 0.29) is 11.6 Å². The van der Waals surface area contributed by atoms with Gasteiger partial charge in [-0.05, 0) is 48.4 Å². The number of aromatic carboxylic acids is 1. The number of aromatic nitrogens is 3. The number of carboxylic acid groups (broad SMARTS) is 1. The maximum Gasteiger partial charge on any atom is 0.337 e. The van der Waals surface area contributed by atoms with Crippen LogP contribution in [0.5, 0.6) is 0 Å². The number of carboxylic acids is 1. The molecule has 0 radical (unpaired) electrons. The van der Waals surface area contributed by atoms with E-state index >= 15 is 0 Å². The molecule has 0 bridgehead atoms. The van der Waals surface area contributed by atoms with E-state index in [1.165, 1.54) is 10.4 Å². The minimum absolute atomic E-state index is 0.0884. The van der Waals surface area contributed by atoms with Crippen LogP contribution >= 0.6 is 11.3 Å². The number of rotatable bonds is 2. The third-order valence-electron chi connectivity index (χ3n) is 4.04. The molecule has 1 aliphatic rings. The Kier molecular flexibility index (Phi) is 2.78. The smallest absolute Gasteiger partial charge is 0.337 e. The van der Waals surface area contributed by atoms with E-state index in [0.717, 1.165) is 19.3 Å². The maximum absolute atomic E-state index is 11.5. The number of thiophene rings is 1. The molecule has 1 atom stereocenters. The average molecular weight is 299 g/mol. The van der Waals surface area contributed by atoms with Gasteiger partial charge in [0, 0.05) is 4.88 Å². The van der Waals surface area contributed by atoms with Crippen molar-refractivity contribution in [2.75, 3.05) is 0 Å². The fraction of sp³-hybridized carbons (Fsp3) is 0.267. The molecule has 1 aromatic carbocycles. The van der Waals surface area contributed by atoms with E-state index in [9.17, 15) is 9.90 Å². The zero-order valence-electron chi connectivity index (χ0n) is 11.2. The number of hydrogen-bond acceptors (Lipinski definition) is 4. The van der Waals surface area contributed by atoms with Crippen LogP contribution in [0.25, 0.3) is 11.0 Å². The number of nitrogens with zero attached hydrogens (tertiary/aromatic N) is 3. The second kappa shape index (κ2) is 4.66. The first-order valence-corrected chi connectivity index (χ1v) is 7.77. The molecule has 6 heteroatoms. The molecule has 0 saturated carbocycles. The largest absolute Gasteiger partial charge is 0.478 e. The van der Waals surface area contributed by atoms with Crippen molar-refractivity contribution < 1.29 is 9.90 Å². The Labute approximate surface area is 124 Å². The summed E-state index contributed by atoms with van der Waals surface area (Å²) in [4.78, 5) is 12.9. The molecule has 1 aliphatic carbocycles. The van der Waals surface area contributed by atoms with E-state index in [0.29, 0.717) is 11.0 Å². The summed E-state index contributed by atoms with van der Waals surface area (Å²) in [6.07, 6.45) is 3.16. The summed E-state index contributed by atoms with van der Waals surface area (Å²) in [5.74, 6) is -0.939. The van der Waals surface area contributed by atoms with Crippen LogP contribution in [0.15, 0.2) is 29.6 Å². The standard InChI is InChI=1S/C15H13N3O2S/c19-15(20)10-3-1-4-11-14(10)18(17-16-11)12-5-2-6-13-9(12)7-8-21-13/h1,3-4,7-8,12H,2,5-6H2,(H,19,20). The number of aryl methyl sites for hydroxylation is 1. The van der Waals surface area contributed by atoms with Crippen LogP contribution in [0.2, 0.25) is 0 Å². The van der Waals surface area contributed by atoms with Crippen molar-refractivity contribution in [3.63, 3.8) is 0 Å². The Morgan fingerprint density at radius 1 is 1.38 bits per heavy atom. The Morgan fingerprint density at radius 2 is 2.29 bits per heavy atom. The summed E-state index contributed by atoms with van der Waals surface area (Å²) in [7, 11) is 0. The van der Waals surface area contributed by atoms with Crippen molar-refractivity contribution in [3.8, 4) is 0 Å². The molecule has 0 saturated heterocycles. The predicted octanol–water partition coefficient (Wildman–Crippen LogP) is 3.12. The van der Waals surface area contributed by atoms with Gasteiger partial charge in [-0.3, -0.25) is 0 Å². The van der Waals surface area contributed by atoms with Crippen LogP contribution in [0, 0.1) is 0 Å². The fourth-order valence-corrected chi connectivity index (χ4v) is 4.08. The molecular formula is C15H13N3O2S. The molecule has 2 aromatic heterocycles. The lowest BCUT2D eigenvalue weighted by Gasteiger charge is -2.23. The SMILES string of the molecule is O=C(O)c1cccc2nnn(C3CCCc4sccc43)c12. The number of carbonyl (C=O) groups is 1. The second-order valence-electron chi connectivity index (χ2n) is 5.22. The van der Waals surface area contributed by atoms with Crippen molar-refractivity contribution in [1.82, 2.24) is 15.0 Å². The van der Waals surface area contributed by atoms with E-state index in [4.69, 9.17) is 0 Å². The highest BCUT2D eigenvalue weighted by Crippen LogP contribution is 2.37. The third kappa shape index (κ3) is 1.86. The molecule has 0 aliphatic heterocycles. The van der Waals surface area contributed by atoms with Gasteiger partial charge in [-0.2, -0.15) is 0 Å². The molecule has 3 aromatic rings. The Bertz CT molecular complexity index is 836. The first kappa shape index (κ1) is 12.5. The van der Waals surface area contributed by atoms with Crippen molar-refractivity contribution >= 4 is 28.3 Å². The van der Waals surface area contributed by atoms with Crippen LogP contribution in [-0.2, 0) is 6.42 Å². The van der Waals surface area contributed by atoms with Crippen LogP contribution < -0.4 is 0 Å². The highest BCUT2D eigenvalue weighted by molar-refractivity contribution is 7.10. The molecule has 106 valence electrons. The Morgan fingerprint density at radius 3 is 3.14 bits per heavy atom. The minimum atomic E-state index is -0.939. The fourth-order valence-electron chi connectivity index (χ4n) is 3.10. The van der Waals surface area contributed by atoms with E-state index < -0.39 is 5.97 Å². The monoisotopic (exact) mass is 299 g/mol. The van der Waals surface area contributed by atoms with E-state index in [1.807, 2.05) is 6.07 Å². The summed E-state index contributed by atoms with van der Waals surface area (Å²) in [5.41, 5.74) is 2.78. The lowest BCUT2D eigenvalue weighted by atomic mass is 9.94. The summed E-state index contributed by atoms with van der Waals surface area (Å²) in [5, 5.41) is 19.9. The number of benzene rings is 1. The van der Waals surface area contributed by atoms with Crippen LogP contribution in [0.1, 0.15) is 39.7 Å². The molecule has 21 heavy (non-hydrogen) atoms. The number of para-hydroxylation sites is 1. The van der Waals surface area contributed by atoms with Crippen LogP contribution in [-0.4, -0.2) is 26.1 Å². The predicted molar refractivity (Wildman–Crippen MR) is 79.9 cm³/mol. The van der Waals surface area contributed by atoms with Crippen molar-refractivity contribution in [2.24, 2.45) is 0 Å². The van der Waals surface area contributed by atoms with Gasteiger partial charge in [0.25, 0.3) is 0 Å². The Hall–Kier alpha value is -2.21. The average Bonchev–Trinajstić information content (AvgIpc) is 3.12. The molecule has 0 fully saturated rings. The summed E-state index contributed by atoms with van der Waals surface area (Å²) < 4.78 is 1.80.